The molecule has 0 aliphatic heterocycles. The van der Waals surface area contributed by atoms with Crippen molar-refractivity contribution in [3.05, 3.63) is 95.1 Å². The van der Waals surface area contributed by atoms with E-state index in [-0.39, 0.29) is 5.97 Å². The first-order chi connectivity index (χ1) is 22.1. The van der Waals surface area contributed by atoms with Crippen LogP contribution in [0.3, 0.4) is 0 Å². The normalized spacial score (nSPS) is 15.9. The Hall–Kier alpha value is -3.90. The van der Waals surface area contributed by atoms with Gasteiger partial charge in [-0.3, -0.25) is 4.79 Å². The van der Waals surface area contributed by atoms with Crippen LogP contribution in [0.15, 0.2) is 84.0 Å². The second-order valence-corrected chi connectivity index (χ2v) is 11.0. The smallest absolute Gasteiger partial charge is 0.309 e. The summed E-state index contributed by atoms with van der Waals surface area (Å²) in [5.41, 5.74) is 7.99. The third kappa shape index (κ3) is 14.2. The minimum absolute atomic E-state index is 0.135. The fraction of sp³-hybridized carbons (Fsp3) is 0.436. The van der Waals surface area contributed by atoms with Crippen LogP contribution in [0.1, 0.15) is 88.7 Å². The van der Waals surface area contributed by atoms with E-state index < -0.39 is 0 Å². The van der Waals surface area contributed by atoms with Crippen molar-refractivity contribution >= 4 is 23.9 Å². The Morgan fingerprint density at radius 1 is 0.689 bits per heavy atom. The molecular weight excluding hydrogens is 564 g/mol. The molecule has 0 fully saturated rings. The van der Waals surface area contributed by atoms with Crippen LogP contribution in [-0.2, 0) is 19.1 Å². The van der Waals surface area contributed by atoms with Crippen molar-refractivity contribution in [3.8, 4) is 11.5 Å². The van der Waals surface area contributed by atoms with Crippen molar-refractivity contribution in [2.45, 2.75) is 77.6 Å². The number of hydrogen-bond acceptors (Lipinski definition) is 6. The molecule has 0 radical (unpaired) electrons. The number of ether oxygens (including phenoxy) is 4. The largest absolute Gasteiger partial charge is 0.497 e. The minimum atomic E-state index is -0.135. The molecule has 0 amide bonds. The van der Waals surface area contributed by atoms with Gasteiger partial charge in [0.05, 0.1) is 27.2 Å². The SMILES string of the molecule is C/C=C1/C=C(c2ccc(OC)cc2)CCC1.C=O.COCCCCCCOC(=O)C/C=C1/C=C(c2ccc(OC)cc2)CCC1. The van der Waals surface area contributed by atoms with Crippen LogP contribution in [-0.4, -0.2) is 47.3 Å². The van der Waals surface area contributed by atoms with Crippen molar-refractivity contribution in [2.75, 3.05) is 34.5 Å². The maximum absolute atomic E-state index is 11.9. The summed E-state index contributed by atoms with van der Waals surface area (Å²) in [7, 11) is 5.10. The summed E-state index contributed by atoms with van der Waals surface area (Å²) in [6, 6.07) is 16.5. The van der Waals surface area contributed by atoms with E-state index in [0.29, 0.717) is 13.0 Å². The summed E-state index contributed by atoms with van der Waals surface area (Å²) in [4.78, 5) is 19.9. The quantitative estimate of drug-likeness (QED) is 0.165. The molecule has 0 saturated carbocycles. The Morgan fingerprint density at radius 3 is 1.67 bits per heavy atom. The van der Waals surface area contributed by atoms with Crippen molar-refractivity contribution in [1.82, 2.24) is 0 Å². The van der Waals surface area contributed by atoms with Crippen LogP contribution in [0.5, 0.6) is 11.5 Å². The van der Waals surface area contributed by atoms with E-state index in [2.05, 4.69) is 49.4 Å². The van der Waals surface area contributed by atoms with Crippen molar-refractivity contribution in [3.63, 3.8) is 0 Å². The lowest BCUT2D eigenvalue weighted by Crippen LogP contribution is -2.05. The highest BCUT2D eigenvalue weighted by molar-refractivity contribution is 5.73. The maximum atomic E-state index is 11.9. The standard InChI is InChI=1S/C23H32O4.C15H18O.CH2O/c1-25-16-5-3-4-6-17-27-23(24)15-10-19-8-7-9-21(18-19)20-11-13-22(26-2)14-12-20;1-3-12-5-4-6-14(11-12)13-7-9-15(16-2)10-8-13;1-2/h10-14,18H,3-9,15-17H2,1-2H3;3,7-11H,4-6H2,1-2H3;1H2/b19-10+;12-3+;. The van der Waals surface area contributed by atoms with E-state index in [9.17, 15) is 4.79 Å². The number of allylic oxidation sites excluding steroid dienone is 7. The number of carbonyl (C=O) groups excluding carboxylic acids is 2. The Labute approximate surface area is 270 Å². The summed E-state index contributed by atoms with van der Waals surface area (Å²) in [5, 5.41) is 0. The minimum Gasteiger partial charge on any atom is -0.497 e. The van der Waals surface area contributed by atoms with Crippen LogP contribution < -0.4 is 9.47 Å². The summed E-state index contributed by atoms with van der Waals surface area (Å²) >= 11 is 0. The molecule has 0 unspecified atom stereocenters. The van der Waals surface area contributed by atoms with Gasteiger partial charge < -0.3 is 23.7 Å². The van der Waals surface area contributed by atoms with E-state index in [4.69, 9.17) is 23.7 Å². The number of rotatable bonds is 13. The Balaban J connectivity index is 0.000000332. The molecule has 0 bridgehead atoms. The average molecular weight is 617 g/mol. The zero-order chi connectivity index (χ0) is 32.7. The summed E-state index contributed by atoms with van der Waals surface area (Å²) < 4.78 is 20.7. The molecule has 2 aromatic rings. The number of methoxy groups -OCH3 is 3. The zero-order valence-electron chi connectivity index (χ0n) is 27.8. The number of unbranched alkanes of at least 4 members (excludes halogenated alkanes) is 3. The number of esters is 1. The lowest BCUT2D eigenvalue weighted by Gasteiger charge is -2.16. The molecular formula is C39H52O6. The van der Waals surface area contributed by atoms with Crippen molar-refractivity contribution < 1.29 is 28.5 Å². The average Bonchev–Trinajstić information content (AvgIpc) is 3.11. The fourth-order valence-corrected chi connectivity index (χ4v) is 5.32. The Bertz CT molecular complexity index is 1250. The highest BCUT2D eigenvalue weighted by Gasteiger charge is 2.11. The molecule has 0 atom stereocenters. The maximum Gasteiger partial charge on any atom is 0.309 e. The van der Waals surface area contributed by atoms with Crippen LogP contribution in [0.25, 0.3) is 11.1 Å². The summed E-state index contributed by atoms with van der Waals surface area (Å²) in [5.74, 6) is 1.66. The van der Waals surface area contributed by atoms with E-state index in [0.717, 1.165) is 63.1 Å². The highest BCUT2D eigenvalue weighted by Crippen LogP contribution is 2.31. The van der Waals surface area contributed by atoms with Crippen molar-refractivity contribution in [1.29, 1.82) is 0 Å². The second kappa shape index (κ2) is 22.6. The predicted octanol–water partition coefficient (Wildman–Crippen LogP) is 9.35. The molecule has 45 heavy (non-hydrogen) atoms. The molecule has 0 aromatic heterocycles. The molecule has 4 rings (SSSR count). The zero-order valence-corrected chi connectivity index (χ0v) is 27.8. The van der Waals surface area contributed by atoms with Crippen LogP contribution in [0.2, 0.25) is 0 Å². The van der Waals surface area contributed by atoms with Gasteiger partial charge in [0.25, 0.3) is 0 Å². The van der Waals surface area contributed by atoms with Crippen LogP contribution in [0, 0.1) is 0 Å². The first-order valence-electron chi connectivity index (χ1n) is 16.0. The number of benzene rings is 2. The molecule has 6 heteroatoms. The predicted molar refractivity (Wildman–Crippen MR) is 185 cm³/mol. The molecule has 2 aromatic carbocycles. The molecule has 2 aliphatic carbocycles. The monoisotopic (exact) mass is 616 g/mol. The molecule has 244 valence electrons. The first-order valence-corrected chi connectivity index (χ1v) is 16.0. The van der Waals surface area contributed by atoms with Gasteiger partial charge in [-0.25, -0.2) is 0 Å². The third-order valence-corrected chi connectivity index (χ3v) is 7.87. The van der Waals surface area contributed by atoms with Gasteiger partial charge in [-0.05, 0) is 111 Å². The molecule has 2 aliphatic rings. The van der Waals surface area contributed by atoms with Crippen LogP contribution >= 0.6 is 0 Å². The van der Waals surface area contributed by atoms with Gasteiger partial charge in [0.2, 0.25) is 0 Å². The van der Waals surface area contributed by atoms with Crippen molar-refractivity contribution in [2.24, 2.45) is 0 Å². The molecule has 0 heterocycles. The van der Waals surface area contributed by atoms with Gasteiger partial charge >= 0.3 is 5.97 Å². The van der Waals surface area contributed by atoms with Gasteiger partial charge in [-0.1, -0.05) is 66.1 Å². The third-order valence-electron chi connectivity index (χ3n) is 7.87. The van der Waals surface area contributed by atoms with Gasteiger partial charge in [0.1, 0.15) is 18.3 Å². The molecule has 0 spiro atoms. The van der Waals surface area contributed by atoms with E-state index >= 15 is 0 Å². The second-order valence-electron chi connectivity index (χ2n) is 11.0. The first kappa shape index (κ1) is 37.3. The topological polar surface area (TPSA) is 71.1 Å². The number of hydrogen-bond donors (Lipinski definition) is 0. The molecule has 0 N–H and O–H groups in total. The Morgan fingerprint density at radius 2 is 1.18 bits per heavy atom. The van der Waals surface area contributed by atoms with E-state index in [1.165, 1.54) is 52.7 Å². The van der Waals surface area contributed by atoms with E-state index in [1.54, 1.807) is 21.3 Å². The fourth-order valence-electron chi connectivity index (χ4n) is 5.32. The molecule has 6 nitrogen and oxygen atoms in total. The van der Waals surface area contributed by atoms with E-state index in [1.807, 2.05) is 37.1 Å². The number of carbonyl (C=O) groups is 2. The Kier molecular flexibility index (Phi) is 18.7. The lowest BCUT2D eigenvalue weighted by molar-refractivity contribution is -0.142. The van der Waals surface area contributed by atoms with Gasteiger partial charge in [-0.2, -0.15) is 0 Å². The van der Waals surface area contributed by atoms with Crippen LogP contribution in [0.4, 0.5) is 0 Å². The van der Waals surface area contributed by atoms with Gasteiger partial charge in [0, 0.05) is 13.7 Å². The highest BCUT2D eigenvalue weighted by atomic mass is 16.5. The van der Waals surface area contributed by atoms with Gasteiger partial charge in [0.15, 0.2) is 0 Å². The summed E-state index contributed by atoms with van der Waals surface area (Å²) in [6.07, 6.45) is 20.2. The van der Waals surface area contributed by atoms with Gasteiger partial charge in [-0.15, -0.1) is 0 Å². The molecule has 0 saturated heterocycles. The summed E-state index contributed by atoms with van der Waals surface area (Å²) in [6.45, 7) is 5.43. The lowest BCUT2D eigenvalue weighted by atomic mass is 9.90.